The van der Waals surface area contributed by atoms with Crippen LogP contribution < -0.4 is 16.0 Å². The van der Waals surface area contributed by atoms with Crippen LogP contribution in [0.15, 0.2) is 48.9 Å². The van der Waals surface area contributed by atoms with E-state index in [1.165, 1.54) is 30.4 Å². The van der Waals surface area contributed by atoms with Crippen LogP contribution >= 0.6 is 0 Å². The second-order valence-corrected chi connectivity index (χ2v) is 12.0. The van der Waals surface area contributed by atoms with Crippen molar-refractivity contribution in [3.05, 3.63) is 60.2 Å². The Labute approximate surface area is 271 Å². The Balaban J connectivity index is 1.83. The Kier molecular flexibility index (Phi) is 13.0. The van der Waals surface area contributed by atoms with E-state index in [0.29, 0.717) is 0 Å². The van der Waals surface area contributed by atoms with E-state index in [2.05, 4.69) is 25.9 Å². The van der Waals surface area contributed by atoms with E-state index in [4.69, 9.17) is 4.74 Å². The van der Waals surface area contributed by atoms with Gasteiger partial charge in [0.1, 0.15) is 23.8 Å². The van der Waals surface area contributed by atoms with E-state index < -0.39 is 77.7 Å². The van der Waals surface area contributed by atoms with E-state index in [0.717, 1.165) is 5.56 Å². The maximum absolute atomic E-state index is 14.1. The molecule has 1 aromatic heterocycles. The summed E-state index contributed by atoms with van der Waals surface area (Å²) in [5.41, 5.74) is 0.819. The molecule has 0 spiro atoms. The van der Waals surface area contributed by atoms with E-state index >= 15 is 0 Å². The molecular weight excluding hydrogens is 621 g/mol. The summed E-state index contributed by atoms with van der Waals surface area (Å²) in [5, 5.41) is 7.48. The SMILES string of the molecule is CCC(NC(=O)[C@@H]1C[C@@H](OCc2ccccc2)CN1C(=O)C(NC(=O)C(NC(=O)c1cnccn1)C(C)C)C(C)C)C(=O)C(F)(F)F. The van der Waals surface area contributed by atoms with Crippen molar-refractivity contribution in [2.24, 2.45) is 11.8 Å². The number of halogens is 3. The van der Waals surface area contributed by atoms with Gasteiger partial charge in [0.2, 0.25) is 17.7 Å². The first-order valence-corrected chi connectivity index (χ1v) is 15.4. The largest absolute Gasteiger partial charge is 0.452 e. The fourth-order valence-electron chi connectivity index (χ4n) is 5.12. The third-order valence-corrected chi connectivity index (χ3v) is 7.76. The first-order valence-electron chi connectivity index (χ1n) is 15.4. The first-order chi connectivity index (χ1) is 22.1. The van der Waals surface area contributed by atoms with Gasteiger partial charge < -0.3 is 25.6 Å². The molecule has 1 aromatic carbocycles. The normalized spacial score (nSPS) is 18.4. The van der Waals surface area contributed by atoms with Crippen molar-refractivity contribution in [3.63, 3.8) is 0 Å². The van der Waals surface area contributed by atoms with Gasteiger partial charge in [-0.2, -0.15) is 13.2 Å². The zero-order valence-electron chi connectivity index (χ0n) is 26.9. The molecule has 4 amide bonds. The van der Waals surface area contributed by atoms with Crippen molar-refractivity contribution in [1.82, 2.24) is 30.8 Å². The smallest absolute Gasteiger partial charge is 0.372 e. The average Bonchev–Trinajstić information content (AvgIpc) is 3.47. The van der Waals surface area contributed by atoms with Gasteiger partial charge in [0.05, 0.1) is 24.9 Å². The summed E-state index contributed by atoms with van der Waals surface area (Å²) >= 11 is 0. The number of benzene rings is 1. The lowest BCUT2D eigenvalue weighted by Crippen LogP contribution is -2.59. The number of nitrogens with one attached hydrogen (secondary N) is 3. The Morgan fingerprint density at radius 1 is 0.957 bits per heavy atom. The summed E-state index contributed by atoms with van der Waals surface area (Å²) in [6.07, 6.45) is -2.25. The van der Waals surface area contributed by atoms with Crippen molar-refractivity contribution in [3.8, 4) is 0 Å². The summed E-state index contributed by atoms with van der Waals surface area (Å²) in [5.74, 6) is -5.93. The quantitative estimate of drug-likeness (QED) is 0.279. The molecule has 2 heterocycles. The van der Waals surface area contributed by atoms with Crippen LogP contribution in [0.3, 0.4) is 0 Å². The van der Waals surface area contributed by atoms with Crippen molar-refractivity contribution < 1.29 is 41.9 Å². The van der Waals surface area contributed by atoms with Crippen LogP contribution in [0, 0.1) is 11.8 Å². The Bertz CT molecular complexity index is 1390. The Hall–Kier alpha value is -4.40. The van der Waals surface area contributed by atoms with Crippen molar-refractivity contribution in [2.45, 2.75) is 90.5 Å². The molecule has 47 heavy (non-hydrogen) atoms. The monoisotopic (exact) mass is 662 g/mol. The number of nitrogens with zero attached hydrogens (tertiary/aromatic N) is 3. The second-order valence-electron chi connectivity index (χ2n) is 12.0. The predicted molar refractivity (Wildman–Crippen MR) is 163 cm³/mol. The fourth-order valence-corrected chi connectivity index (χ4v) is 5.12. The standard InChI is InChI=1S/C32H41F3N6O6/c1-6-22(27(42)32(33,34)35)38-29(44)24-14-21(47-17-20-10-8-7-9-11-20)16-41(24)31(46)26(19(4)5)40-30(45)25(18(2)3)39-28(43)23-15-36-12-13-37-23/h7-13,15,18-19,21-22,24-26H,6,14,16-17H2,1-5H3,(H,38,44)(H,39,43)(H,40,45)/t21-,22?,24+,25?,26?/m1/s1. The van der Waals surface area contributed by atoms with Crippen molar-refractivity contribution >= 4 is 29.4 Å². The number of ketones is 1. The number of hydrogen-bond acceptors (Lipinski definition) is 8. The van der Waals surface area contributed by atoms with Gasteiger partial charge in [0.15, 0.2) is 0 Å². The molecular formula is C32H41F3N6O6. The zero-order valence-corrected chi connectivity index (χ0v) is 26.9. The van der Waals surface area contributed by atoms with Gasteiger partial charge >= 0.3 is 6.18 Å². The Morgan fingerprint density at radius 3 is 2.17 bits per heavy atom. The summed E-state index contributed by atoms with van der Waals surface area (Å²) in [6.45, 7) is 8.15. The number of hydrogen-bond donors (Lipinski definition) is 3. The van der Waals surface area contributed by atoms with E-state index in [1.54, 1.807) is 27.7 Å². The van der Waals surface area contributed by atoms with Crippen LogP contribution in [0.5, 0.6) is 0 Å². The van der Waals surface area contributed by atoms with Gasteiger partial charge in [0.25, 0.3) is 11.7 Å². The molecule has 1 fully saturated rings. The van der Waals surface area contributed by atoms with Crippen LogP contribution in [0.25, 0.3) is 0 Å². The summed E-state index contributed by atoms with van der Waals surface area (Å²) in [4.78, 5) is 74.7. The minimum absolute atomic E-state index is 0.00992. The molecule has 3 rings (SSSR count). The molecule has 0 bridgehead atoms. The molecule has 3 N–H and O–H groups in total. The molecule has 3 unspecified atom stereocenters. The van der Waals surface area contributed by atoms with Crippen LogP contribution in [0.1, 0.15) is 63.5 Å². The number of Topliss-reactive ketones (excluding diaryl/α,β-unsaturated/α-hetero) is 1. The van der Waals surface area contributed by atoms with E-state index in [-0.39, 0.29) is 31.7 Å². The fraction of sp³-hybridized carbons (Fsp3) is 0.531. The third-order valence-electron chi connectivity index (χ3n) is 7.76. The number of rotatable bonds is 14. The molecule has 1 saturated heterocycles. The molecule has 256 valence electrons. The molecule has 0 radical (unpaired) electrons. The van der Waals surface area contributed by atoms with Gasteiger partial charge in [0, 0.05) is 25.4 Å². The van der Waals surface area contributed by atoms with Gasteiger partial charge in [-0.05, 0) is 23.8 Å². The highest BCUT2D eigenvalue weighted by Gasteiger charge is 2.47. The highest BCUT2D eigenvalue weighted by Crippen LogP contribution is 2.26. The van der Waals surface area contributed by atoms with Crippen LogP contribution in [0.4, 0.5) is 13.2 Å². The van der Waals surface area contributed by atoms with Gasteiger partial charge in [-0.15, -0.1) is 0 Å². The lowest BCUT2D eigenvalue weighted by molar-refractivity contribution is -0.174. The maximum Gasteiger partial charge on any atom is 0.452 e. The second kappa shape index (κ2) is 16.4. The molecule has 2 aromatic rings. The van der Waals surface area contributed by atoms with Gasteiger partial charge in [-0.3, -0.25) is 29.0 Å². The topological polar surface area (TPSA) is 160 Å². The number of carbonyl (C=O) groups excluding carboxylic acids is 5. The van der Waals surface area contributed by atoms with Crippen LogP contribution in [-0.4, -0.2) is 87.3 Å². The lowest BCUT2D eigenvalue weighted by Gasteiger charge is -2.32. The molecule has 1 aliphatic heterocycles. The number of alkyl halides is 3. The van der Waals surface area contributed by atoms with Crippen molar-refractivity contribution in [2.75, 3.05) is 6.54 Å². The number of likely N-dealkylation sites (tertiary alicyclic amines) is 1. The molecule has 15 heteroatoms. The van der Waals surface area contributed by atoms with Crippen LogP contribution in [0.2, 0.25) is 0 Å². The molecule has 0 saturated carbocycles. The number of ether oxygens (including phenoxy) is 1. The predicted octanol–water partition coefficient (Wildman–Crippen LogP) is 2.58. The number of aromatic nitrogens is 2. The highest BCUT2D eigenvalue weighted by molar-refractivity contribution is 5.98. The van der Waals surface area contributed by atoms with E-state index in [9.17, 15) is 37.1 Å². The molecule has 5 atom stereocenters. The third kappa shape index (κ3) is 10.0. The molecule has 1 aliphatic rings. The highest BCUT2D eigenvalue weighted by atomic mass is 19.4. The minimum atomic E-state index is -5.16. The van der Waals surface area contributed by atoms with Gasteiger partial charge in [-0.25, -0.2) is 4.98 Å². The number of carbonyl (C=O) groups is 5. The average molecular weight is 663 g/mol. The van der Waals surface area contributed by atoms with Crippen molar-refractivity contribution in [1.29, 1.82) is 0 Å². The Morgan fingerprint density at radius 2 is 1.62 bits per heavy atom. The van der Waals surface area contributed by atoms with Crippen LogP contribution in [-0.2, 0) is 30.5 Å². The summed E-state index contributed by atoms with van der Waals surface area (Å²) in [7, 11) is 0. The molecule has 12 nitrogen and oxygen atoms in total. The number of amides is 4. The van der Waals surface area contributed by atoms with E-state index in [1.807, 2.05) is 30.3 Å². The summed E-state index contributed by atoms with van der Waals surface area (Å²) < 4.78 is 45.6. The maximum atomic E-state index is 14.1. The summed E-state index contributed by atoms with van der Waals surface area (Å²) in [6, 6.07) is 3.75. The zero-order chi connectivity index (χ0) is 34.9. The van der Waals surface area contributed by atoms with Gasteiger partial charge in [-0.1, -0.05) is 65.0 Å². The minimum Gasteiger partial charge on any atom is -0.372 e. The first kappa shape index (κ1) is 37.1. The molecule has 0 aliphatic carbocycles. The lowest BCUT2D eigenvalue weighted by atomic mass is 9.98.